The molecule has 1 aromatic carbocycles. The highest BCUT2D eigenvalue weighted by atomic mass is 79.9. The minimum atomic E-state index is 0.879. The smallest absolute Gasteiger partial charge is 0.136 e. The zero-order valence-electron chi connectivity index (χ0n) is 9.80. The molecule has 0 spiro atoms. The zero-order chi connectivity index (χ0) is 12.5. The van der Waals surface area contributed by atoms with E-state index in [-0.39, 0.29) is 0 Å². The van der Waals surface area contributed by atoms with Crippen LogP contribution in [0.4, 0.5) is 11.5 Å². The largest absolute Gasteiger partial charge is 0.462 e. The summed E-state index contributed by atoms with van der Waals surface area (Å²) >= 11 is 3.38. The first kappa shape index (κ1) is 11.3. The Kier molecular flexibility index (Phi) is 2.80. The Morgan fingerprint density at radius 2 is 2.00 bits per heavy atom. The summed E-state index contributed by atoms with van der Waals surface area (Å²) in [7, 11) is 1.98. The molecular formula is C14H11BrN2O. The van der Waals surface area contributed by atoms with Crippen LogP contribution in [-0.2, 0) is 0 Å². The normalized spacial score (nSPS) is 10.8. The van der Waals surface area contributed by atoms with Gasteiger partial charge in [0.25, 0.3) is 0 Å². The number of para-hydroxylation sites is 1. The molecule has 0 unspecified atom stereocenters. The lowest BCUT2D eigenvalue weighted by atomic mass is 10.2. The topological polar surface area (TPSA) is 29.3 Å². The highest BCUT2D eigenvalue weighted by Gasteiger charge is 2.11. The van der Waals surface area contributed by atoms with Gasteiger partial charge < -0.3 is 9.32 Å². The minimum Gasteiger partial charge on any atom is -0.462 e. The van der Waals surface area contributed by atoms with Crippen molar-refractivity contribution in [3.63, 3.8) is 0 Å². The van der Waals surface area contributed by atoms with Crippen LogP contribution in [0.2, 0.25) is 0 Å². The maximum absolute atomic E-state index is 5.54. The number of halogens is 1. The number of nitrogens with zero attached hydrogens (tertiary/aromatic N) is 2. The van der Waals surface area contributed by atoms with E-state index in [4.69, 9.17) is 4.42 Å². The molecule has 2 aromatic heterocycles. The van der Waals surface area contributed by atoms with Crippen LogP contribution < -0.4 is 4.90 Å². The summed E-state index contributed by atoms with van der Waals surface area (Å²) in [5.41, 5.74) is 1.90. The summed E-state index contributed by atoms with van der Waals surface area (Å²) in [6.45, 7) is 0. The lowest BCUT2D eigenvalue weighted by Gasteiger charge is -2.16. The fourth-order valence-corrected chi connectivity index (χ4v) is 2.15. The van der Waals surface area contributed by atoms with Crippen molar-refractivity contribution < 1.29 is 4.42 Å². The summed E-state index contributed by atoms with van der Waals surface area (Å²) in [5.74, 6) is 0.879. The van der Waals surface area contributed by atoms with Gasteiger partial charge in [0.15, 0.2) is 0 Å². The number of hydrogen-bond acceptors (Lipinski definition) is 3. The highest BCUT2D eigenvalue weighted by molar-refractivity contribution is 9.10. The summed E-state index contributed by atoms with van der Waals surface area (Å²) in [6, 6.07) is 11.9. The van der Waals surface area contributed by atoms with Crippen molar-refractivity contribution in [1.29, 1.82) is 0 Å². The molecule has 0 bridgehead atoms. The Morgan fingerprint density at radius 3 is 2.78 bits per heavy atom. The van der Waals surface area contributed by atoms with Crippen LogP contribution in [0.25, 0.3) is 11.0 Å². The van der Waals surface area contributed by atoms with E-state index in [1.165, 1.54) is 0 Å². The average Bonchev–Trinajstić information content (AvgIpc) is 2.82. The molecule has 0 fully saturated rings. The lowest BCUT2D eigenvalue weighted by Crippen LogP contribution is -2.10. The van der Waals surface area contributed by atoms with Gasteiger partial charge in [0, 0.05) is 23.1 Å². The summed E-state index contributed by atoms with van der Waals surface area (Å²) < 4.78 is 6.51. The maximum Gasteiger partial charge on any atom is 0.136 e. The SMILES string of the molecule is CN(c1ccc(Br)cn1)c1coc2ccccc12. The van der Waals surface area contributed by atoms with Gasteiger partial charge in [-0.05, 0) is 40.2 Å². The fourth-order valence-electron chi connectivity index (χ4n) is 1.91. The van der Waals surface area contributed by atoms with Crippen molar-refractivity contribution in [1.82, 2.24) is 4.98 Å². The molecule has 0 aliphatic carbocycles. The Balaban J connectivity index is 2.06. The van der Waals surface area contributed by atoms with E-state index in [1.54, 1.807) is 12.5 Å². The summed E-state index contributed by atoms with van der Waals surface area (Å²) in [4.78, 5) is 6.39. The van der Waals surface area contributed by atoms with E-state index in [0.29, 0.717) is 0 Å². The van der Waals surface area contributed by atoms with E-state index in [2.05, 4.69) is 20.9 Å². The molecule has 3 nitrogen and oxygen atoms in total. The van der Waals surface area contributed by atoms with Crippen molar-refractivity contribution in [3.05, 3.63) is 53.3 Å². The van der Waals surface area contributed by atoms with Gasteiger partial charge in [-0.1, -0.05) is 12.1 Å². The van der Waals surface area contributed by atoms with Crippen molar-refractivity contribution in [2.75, 3.05) is 11.9 Å². The van der Waals surface area contributed by atoms with Gasteiger partial charge in [-0.2, -0.15) is 0 Å². The van der Waals surface area contributed by atoms with Crippen molar-refractivity contribution in [2.45, 2.75) is 0 Å². The number of pyridine rings is 1. The molecule has 90 valence electrons. The number of benzene rings is 1. The van der Waals surface area contributed by atoms with Gasteiger partial charge in [0.2, 0.25) is 0 Å². The van der Waals surface area contributed by atoms with Crippen LogP contribution in [0.3, 0.4) is 0 Å². The van der Waals surface area contributed by atoms with E-state index < -0.39 is 0 Å². The second-order valence-corrected chi connectivity index (χ2v) is 4.93. The minimum absolute atomic E-state index is 0.879. The molecule has 3 rings (SSSR count). The van der Waals surface area contributed by atoms with E-state index in [9.17, 15) is 0 Å². The average molecular weight is 303 g/mol. The molecule has 0 aliphatic heterocycles. The van der Waals surface area contributed by atoms with Crippen LogP contribution in [-0.4, -0.2) is 12.0 Å². The standard InChI is InChI=1S/C14H11BrN2O/c1-17(14-7-6-10(15)8-16-14)12-9-18-13-5-3-2-4-11(12)13/h2-9H,1H3. The molecule has 4 heteroatoms. The molecule has 2 heterocycles. The molecule has 0 saturated carbocycles. The Hall–Kier alpha value is -1.81. The third-order valence-corrected chi connectivity index (χ3v) is 3.35. The molecule has 0 amide bonds. The van der Waals surface area contributed by atoms with Crippen LogP contribution in [0.15, 0.2) is 57.7 Å². The Morgan fingerprint density at radius 1 is 1.17 bits per heavy atom. The molecule has 0 atom stereocenters. The second-order valence-electron chi connectivity index (χ2n) is 4.01. The van der Waals surface area contributed by atoms with E-state index in [0.717, 1.165) is 26.9 Å². The van der Waals surface area contributed by atoms with Crippen LogP contribution in [0.1, 0.15) is 0 Å². The predicted molar refractivity (Wildman–Crippen MR) is 76.2 cm³/mol. The third-order valence-electron chi connectivity index (χ3n) is 2.88. The Labute approximate surface area is 113 Å². The number of hydrogen-bond donors (Lipinski definition) is 0. The zero-order valence-corrected chi connectivity index (χ0v) is 11.4. The first-order valence-corrected chi connectivity index (χ1v) is 6.36. The first-order valence-electron chi connectivity index (χ1n) is 5.57. The van der Waals surface area contributed by atoms with Gasteiger partial charge in [-0.25, -0.2) is 4.98 Å². The number of fused-ring (bicyclic) bond motifs is 1. The quantitative estimate of drug-likeness (QED) is 0.704. The number of anilines is 2. The molecule has 3 aromatic rings. The molecule has 0 N–H and O–H groups in total. The second kappa shape index (κ2) is 4.46. The van der Waals surface area contributed by atoms with Gasteiger partial charge >= 0.3 is 0 Å². The summed E-state index contributed by atoms with van der Waals surface area (Å²) in [6.07, 6.45) is 3.54. The van der Waals surface area contributed by atoms with Crippen LogP contribution in [0, 0.1) is 0 Å². The van der Waals surface area contributed by atoms with Gasteiger partial charge in [0.1, 0.15) is 17.7 Å². The molecule has 18 heavy (non-hydrogen) atoms. The molecular weight excluding hydrogens is 292 g/mol. The highest BCUT2D eigenvalue weighted by Crippen LogP contribution is 2.31. The lowest BCUT2D eigenvalue weighted by molar-refractivity contribution is 0.616. The van der Waals surface area contributed by atoms with Gasteiger partial charge in [-0.15, -0.1) is 0 Å². The van der Waals surface area contributed by atoms with Crippen molar-refractivity contribution in [2.24, 2.45) is 0 Å². The van der Waals surface area contributed by atoms with E-state index in [1.807, 2.05) is 48.3 Å². The molecule has 0 aliphatic rings. The first-order chi connectivity index (χ1) is 8.75. The number of rotatable bonds is 2. The van der Waals surface area contributed by atoms with Gasteiger partial charge in [0.05, 0.1) is 5.69 Å². The Bertz CT molecular complexity index is 676. The van der Waals surface area contributed by atoms with Crippen LogP contribution in [0.5, 0.6) is 0 Å². The fraction of sp³-hybridized carbons (Fsp3) is 0.0714. The predicted octanol–water partition coefficient (Wildman–Crippen LogP) is 4.36. The summed E-state index contributed by atoms with van der Waals surface area (Å²) in [5, 5.41) is 1.09. The van der Waals surface area contributed by atoms with E-state index >= 15 is 0 Å². The number of furan rings is 1. The molecule has 0 radical (unpaired) electrons. The third kappa shape index (κ3) is 1.88. The molecule has 0 saturated heterocycles. The number of aromatic nitrogens is 1. The van der Waals surface area contributed by atoms with Gasteiger partial charge in [-0.3, -0.25) is 0 Å². The maximum atomic E-state index is 5.54. The van der Waals surface area contributed by atoms with Crippen LogP contribution >= 0.6 is 15.9 Å². The van der Waals surface area contributed by atoms with Crippen molar-refractivity contribution >= 4 is 38.4 Å². The monoisotopic (exact) mass is 302 g/mol. The van der Waals surface area contributed by atoms with Crippen molar-refractivity contribution in [3.8, 4) is 0 Å².